The van der Waals surface area contributed by atoms with E-state index in [1.54, 1.807) is 24.3 Å². The molecule has 0 aliphatic heterocycles. The normalized spacial score (nSPS) is 10.8. The van der Waals surface area contributed by atoms with Crippen LogP contribution in [0.15, 0.2) is 47.6 Å². The quantitative estimate of drug-likeness (QED) is 0.395. The molecule has 2 aromatic carbocycles. The molecule has 4 heteroatoms. The summed E-state index contributed by atoms with van der Waals surface area (Å²) in [7, 11) is 0. The van der Waals surface area contributed by atoms with Crippen LogP contribution in [-0.4, -0.2) is 17.2 Å². The molecule has 1 N–H and O–H groups in total. The lowest BCUT2D eigenvalue weighted by atomic mass is 10.1. The van der Waals surface area contributed by atoms with Gasteiger partial charge in [0.1, 0.15) is 18.6 Å². The molecule has 2 rings (SSSR count). The average Bonchev–Trinajstić information content (AvgIpc) is 2.49. The Balaban J connectivity index is 2.04. The molecule has 0 saturated heterocycles. The maximum Gasteiger partial charge on any atom is 0.207 e. The largest absolute Gasteiger partial charge is 0.489 e. The summed E-state index contributed by atoms with van der Waals surface area (Å²) in [4.78, 5) is 11.5. The third-order valence-electron chi connectivity index (χ3n) is 3.21. The first-order chi connectivity index (χ1) is 10.1. The summed E-state index contributed by atoms with van der Waals surface area (Å²) in [5.41, 5.74) is 3.98. The van der Waals surface area contributed by atoms with Gasteiger partial charge >= 0.3 is 0 Å². The monoisotopic (exact) mass is 283 g/mol. The number of carbonyl (C=O) groups excluding carboxylic acids is 1. The highest BCUT2D eigenvalue weighted by Crippen LogP contribution is 2.17. The molecular weight excluding hydrogens is 266 g/mol. The number of hydrogen-bond donors (Lipinski definition) is 1. The van der Waals surface area contributed by atoms with E-state index in [9.17, 15) is 4.79 Å². The van der Waals surface area contributed by atoms with Gasteiger partial charge in [-0.2, -0.15) is 0 Å². The number of rotatable bonds is 5. The number of benzene rings is 2. The number of carbonyl (C=O) groups is 1. The number of oxime groups is 1. The van der Waals surface area contributed by atoms with Crippen LogP contribution in [0.3, 0.4) is 0 Å². The fourth-order valence-corrected chi connectivity index (χ4v) is 1.96. The number of nitrogens with zero attached hydrogens (tertiary/aromatic N) is 1. The van der Waals surface area contributed by atoms with Crippen LogP contribution in [-0.2, 0) is 6.61 Å². The van der Waals surface area contributed by atoms with E-state index in [1.807, 2.05) is 13.8 Å². The van der Waals surface area contributed by atoms with E-state index in [2.05, 4.69) is 23.4 Å². The van der Waals surface area contributed by atoms with Gasteiger partial charge in [-0.3, -0.25) is 4.79 Å². The Morgan fingerprint density at radius 2 is 1.90 bits per heavy atom. The molecule has 0 aliphatic rings. The molecule has 0 radical (unpaired) electrons. The van der Waals surface area contributed by atoms with E-state index in [-0.39, 0.29) is 5.78 Å². The molecular formula is C17H17NO3. The second-order valence-corrected chi connectivity index (χ2v) is 4.85. The van der Waals surface area contributed by atoms with Crippen molar-refractivity contribution in [3.63, 3.8) is 0 Å². The first-order valence-corrected chi connectivity index (χ1v) is 6.61. The molecule has 0 unspecified atom stereocenters. The van der Waals surface area contributed by atoms with E-state index < -0.39 is 0 Å². The molecule has 0 atom stereocenters. The smallest absolute Gasteiger partial charge is 0.207 e. The van der Waals surface area contributed by atoms with Gasteiger partial charge in [0.15, 0.2) is 0 Å². The van der Waals surface area contributed by atoms with E-state index in [0.29, 0.717) is 17.9 Å². The van der Waals surface area contributed by atoms with Crippen LogP contribution in [0.25, 0.3) is 0 Å². The first kappa shape index (κ1) is 14.8. The maximum atomic E-state index is 11.5. The predicted octanol–water partition coefficient (Wildman–Crippen LogP) is 3.53. The van der Waals surface area contributed by atoms with Gasteiger partial charge in [-0.15, -0.1) is 0 Å². The lowest BCUT2D eigenvalue weighted by molar-refractivity contribution is 0.106. The van der Waals surface area contributed by atoms with Gasteiger partial charge in [0.2, 0.25) is 5.78 Å². The molecule has 0 saturated carbocycles. The van der Waals surface area contributed by atoms with Crippen molar-refractivity contribution < 1.29 is 14.7 Å². The van der Waals surface area contributed by atoms with Gasteiger partial charge in [-0.05, 0) is 49.2 Å². The van der Waals surface area contributed by atoms with E-state index in [4.69, 9.17) is 9.94 Å². The minimum atomic E-state index is -0.349. The van der Waals surface area contributed by atoms with Crippen molar-refractivity contribution in [3.05, 3.63) is 64.7 Å². The van der Waals surface area contributed by atoms with Crippen LogP contribution in [0.5, 0.6) is 5.75 Å². The molecule has 0 aliphatic carbocycles. The minimum absolute atomic E-state index is 0.349. The average molecular weight is 283 g/mol. The number of aryl methyl sites for hydroxylation is 2. The van der Waals surface area contributed by atoms with Crippen LogP contribution < -0.4 is 4.74 Å². The summed E-state index contributed by atoms with van der Waals surface area (Å²) in [5.74, 6) is 0.340. The highest BCUT2D eigenvalue weighted by atomic mass is 16.5. The molecule has 0 aromatic heterocycles. The van der Waals surface area contributed by atoms with Crippen molar-refractivity contribution in [2.24, 2.45) is 5.16 Å². The summed E-state index contributed by atoms with van der Waals surface area (Å²) in [5, 5.41) is 11.1. The lowest BCUT2D eigenvalue weighted by Gasteiger charge is -2.10. The predicted molar refractivity (Wildman–Crippen MR) is 81.3 cm³/mol. The van der Waals surface area contributed by atoms with Crippen molar-refractivity contribution >= 4 is 12.0 Å². The Labute approximate surface area is 123 Å². The Morgan fingerprint density at radius 1 is 1.19 bits per heavy atom. The number of Topliss-reactive ketones (excluding diaryl/α,β-unsaturated/α-hetero) is 1. The van der Waals surface area contributed by atoms with Crippen LogP contribution in [0.2, 0.25) is 0 Å². The molecule has 0 fully saturated rings. The first-order valence-electron chi connectivity index (χ1n) is 6.61. The molecule has 0 heterocycles. The van der Waals surface area contributed by atoms with Crippen molar-refractivity contribution in [3.8, 4) is 5.75 Å². The zero-order chi connectivity index (χ0) is 15.2. The summed E-state index contributed by atoms with van der Waals surface area (Å²) in [6, 6.07) is 13.0. The van der Waals surface area contributed by atoms with E-state index >= 15 is 0 Å². The Morgan fingerprint density at radius 3 is 2.57 bits per heavy atom. The van der Waals surface area contributed by atoms with Crippen molar-refractivity contribution in [1.29, 1.82) is 0 Å². The van der Waals surface area contributed by atoms with Gasteiger partial charge in [0, 0.05) is 5.56 Å². The standard InChI is InChI=1S/C17H17NO3/c1-12-3-4-13(2)15(9-12)11-21-16-7-5-14(6-8-16)17(19)10-18-20/h3-10,20H,11H2,1-2H3/b18-10-. The summed E-state index contributed by atoms with van der Waals surface area (Å²) < 4.78 is 5.73. The van der Waals surface area contributed by atoms with Crippen LogP contribution in [0.4, 0.5) is 0 Å². The fourth-order valence-electron chi connectivity index (χ4n) is 1.96. The topological polar surface area (TPSA) is 58.9 Å². The highest BCUT2D eigenvalue weighted by Gasteiger charge is 2.04. The van der Waals surface area contributed by atoms with Crippen molar-refractivity contribution in [1.82, 2.24) is 0 Å². The van der Waals surface area contributed by atoms with E-state index in [1.165, 1.54) is 11.1 Å². The van der Waals surface area contributed by atoms with Crippen LogP contribution >= 0.6 is 0 Å². The number of ether oxygens (including phenoxy) is 1. The van der Waals surface area contributed by atoms with Gasteiger partial charge in [0.05, 0.1) is 0 Å². The highest BCUT2D eigenvalue weighted by molar-refractivity contribution is 6.35. The van der Waals surface area contributed by atoms with Crippen LogP contribution in [0.1, 0.15) is 27.0 Å². The Hall–Kier alpha value is -2.62. The van der Waals surface area contributed by atoms with Crippen molar-refractivity contribution in [2.75, 3.05) is 0 Å². The fraction of sp³-hybridized carbons (Fsp3) is 0.176. The number of hydrogen-bond acceptors (Lipinski definition) is 4. The molecule has 4 nitrogen and oxygen atoms in total. The molecule has 21 heavy (non-hydrogen) atoms. The summed E-state index contributed by atoms with van der Waals surface area (Å²) in [6.45, 7) is 4.58. The molecule has 108 valence electrons. The lowest BCUT2D eigenvalue weighted by Crippen LogP contribution is -2.01. The van der Waals surface area contributed by atoms with Gasteiger partial charge in [-0.1, -0.05) is 28.9 Å². The second-order valence-electron chi connectivity index (χ2n) is 4.85. The Kier molecular flexibility index (Phi) is 4.72. The second kappa shape index (κ2) is 6.70. The minimum Gasteiger partial charge on any atom is -0.489 e. The molecule has 2 aromatic rings. The van der Waals surface area contributed by atoms with Gasteiger partial charge < -0.3 is 9.94 Å². The van der Waals surface area contributed by atoms with Crippen LogP contribution in [0, 0.1) is 13.8 Å². The molecule has 0 spiro atoms. The third kappa shape index (κ3) is 3.92. The number of ketones is 1. The van der Waals surface area contributed by atoms with Crippen molar-refractivity contribution in [2.45, 2.75) is 20.5 Å². The molecule has 0 amide bonds. The third-order valence-corrected chi connectivity index (χ3v) is 3.21. The van der Waals surface area contributed by atoms with Gasteiger partial charge in [0.25, 0.3) is 0 Å². The van der Waals surface area contributed by atoms with Gasteiger partial charge in [-0.25, -0.2) is 0 Å². The summed E-state index contributed by atoms with van der Waals surface area (Å²) in [6.07, 6.45) is 0.867. The zero-order valence-corrected chi connectivity index (χ0v) is 12.0. The summed E-state index contributed by atoms with van der Waals surface area (Å²) >= 11 is 0. The zero-order valence-electron chi connectivity index (χ0n) is 12.0. The molecule has 0 bridgehead atoms. The SMILES string of the molecule is Cc1ccc(C)c(COc2ccc(C(=O)/C=N\O)cc2)c1. The maximum absolute atomic E-state index is 11.5. The Bertz CT molecular complexity index is 660. The van der Waals surface area contributed by atoms with E-state index in [0.717, 1.165) is 11.8 Å².